The van der Waals surface area contributed by atoms with Gasteiger partial charge in [-0.05, 0) is 67.9 Å². The molecule has 2 aliphatic rings. The van der Waals surface area contributed by atoms with Crippen LogP contribution in [0.15, 0.2) is 58.8 Å². The number of pyridine rings is 2. The number of aromatic nitrogens is 5. The molecule has 35 heavy (non-hydrogen) atoms. The Kier molecular flexibility index (Phi) is 5.24. The predicted molar refractivity (Wildman–Crippen MR) is 127 cm³/mol. The third-order valence-electron chi connectivity index (χ3n) is 7.11. The van der Waals surface area contributed by atoms with Crippen LogP contribution in [0.25, 0.3) is 5.52 Å². The van der Waals surface area contributed by atoms with Crippen molar-refractivity contribution in [1.82, 2.24) is 24.6 Å². The predicted octanol–water partition coefficient (Wildman–Crippen LogP) is 5.38. The first kappa shape index (κ1) is 22.3. The maximum atomic E-state index is 13.5. The van der Waals surface area contributed by atoms with Crippen molar-refractivity contribution in [3.63, 3.8) is 0 Å². The third-order valence-corrected chi connectivity index (χ3v) is 8.32. The maximum absolute atomic E-state index is 13.5. The molecule has 0 radical (unpaired) electrons. The van der Waals surface area contributed by atoms with Gasteiger partial charge in [0.25, 0.3) is 0 Å². The third kappa shape index (κ3) is 3.93. The summed E-state index contributed by atoms with van der Waals surface area (Å²) in [6.45, 7) is 3.56. The number of aryl methyl sites for hydroxylation is 1. The maximum Gasteiger partial charge on any atom is 0.434 e. The van der Waals surface area contributed by atoms with Crippen molar-refractivity contribution in [2.75, 3.05) is 18.0 Å². The molecule has 0 amide bonds. The highest BCUT2D eigenvalue weighted by Crippen LogP contribution is 2.45. The zero-order chi connectivity index (χ0) is 24.2. The number of halogens is 3. The standard InChI is InChI=1S/C25H23F3N6S/c1-16-23(35-20-5-3-10-30-21(20)25(26,27)28)34-19(6-11-31-34)22(32-16)33-12-7-24(8-13-33)14-17-4-2-9-29-18(17)15-24/h2-6,9-11H,7-8,12-15H2,1H3. The Hall–Kier alpha value is -3.14. The number of anilines is 1. The van der Waals surface area contributed by atoms with Crippen molar-refractivity contribution < 1.29 is 13.2 Å². The molecule has 0 bridgehead atoms. The Labute approximate surface area is 204 Å². The molecule has 0 aromatic carbocycles. The highest BCUT2D eigenvalue weighted by molar-refractivity contribution is 7.99. The van der Waals surface area contributed by atoms with E-state index in [2.05, 4.69) is 26.0 Å². The molecule has 6 nitrogen and oxygen atoms in total. The van der Waals surface area contributed by atoms with E-state index in [0.29, 0.717) is 10.7 Å². The normalized spacial score (nSPS) is 17.3. The topological polar surface area (TPSA) is 59.2 Å². The van der Waals surface area contributed by atoms with Crippen molar-refractivity contribution in [1.29, 1.82) is 0 Å². The van der Waals surface area contributed by atoms with Crippen LogP contribution >= 0.6 is 11.8 Å². The summed E-state index contributed by atoms with van der Waals surface area (Å²) < 4.78 is 42.2. The highest BCUT2D eigenvalue weighted by Gasteiger charge is 2.41. The molecule has 1 aliphatic carbocycles. The second kappa shape index (κ2) is 8.22. The van der Waals surface area contributed by atoms with Gasteiger partial charge >= 0.3 is 6.18 Å². The van der Waals surface area contributed by atoms with Crippen molar-refractivity contribution >= 4 is 23.1 Å². The summed E-state index contributed by atoms with van der Waals surface area (Å²) in [5.74, 6) is 0.829. The van der Waals surface area contributed by atoms with E-state index >= 15 is 0 Å². The lowest BCUT2D eigenvalue weighted by atomic mass is 9.76. The van der Waals surface area contributed by atoms with Crippen molar-refractivity contribution in [2.45, 2.75) is 48.7 Å². The van der Waals surface area contributed by atoms with E-state index < -0.39 is 11.9 Å². The summed E-state index contributed by atoms with van der Waals surface area (Å²) in [5, 5.41) is 4.99. The van der Waals surface area contributed by atoms with Crippen LogP contribution in [0.3, 0.4) is 0 Å². The van der Waals surface area contributed by atoms with Gasteiger partial charge in [-0.15, -0.1) is 0 Å². The number of alkyl halides is 3. The second-order valence-corrected chi connectivity index (χ2v) is 10.4. The van der Waals surface area contributed by atoms with Gasteiger partial charge in [-0.25, -0.2) is 9.50 Å². The Morgan fingerprint density at radius 1 is 0.971 bits per heavy atom. The molecule has 0 atom stereocenters. The van der Waals surface area contributed by atoms with Gasteiger partial charge in [0.1, 0.15) is 10.5 Å². The van der Waals surface area contributed by atoms with E-state index in [-0.39, 0.29) is 10.3 Å². The summed E-state index contributed by atoms with van der Waals surface area (Å²) in [6, 6.07) is 9.02. The molecule has 1 saturated heterocycles. The van der Waals surface area contributed by atoms with Crippen molar-refractivity contribution in [3.05, 3.63) is 71.6 Å². The first-order chi connectivity index (χ1) is 16.8. The molecular weight excluding hydrogens is 473 g/mol. The quantitative estimate of drug-likeness (QED) is 0.379. The monoisotopic (exact) mass is 496 g/mol. The zero-order valence-corrected chi connectivity index (χ0v) is 19.9. The van der Waals surface area contributed by atoms with Crippen molar-refractivity contribution in [3.8, 4) is 0 Å². The van der Waals surface area contributed by atoms with Crippen molar-refractivity contribution in [2.24, 2.45) is 5.41 Å². The minimum Gasteiger partial charge on any atom is -0.355 e. The zero-order valence-electron chi connectivity index (χ0n) is 19.1. The number of fused-ring (bicyclic) bond motifs is 2. The fraction of sp³-hybridized carbons (Fsp3) is 0.360. The molecule has 6 rings (SSSR count). The van der Waals surface area contributed by atoms with E-state index in [1.54, 1.807) is 10.7 Å². The van der Waals surface area contributed by atoms with E-state index in [0.717, 1.165) is 68.1 Å². The molecule has 1 fully saturated rings. The molecular formula is C25H23F3N6S. The Morgan fingerprint density at radius 2 is 1.74 bits per heavy atom. The highest BCUT2D eigenvalue weighted by atomic mass is 32.2. The molecule has 1 aliphatic heterocycles. The van der Waals surface area contributed by atoms with Crippen LogP contribution < -0.4 is 4.90 Å². The van der Waals surface area contributed by atoms with E-state index in [9.17, 15) is 13.2 Å². The van der Waals surface area contributed by atoms with Crippen LogP contribution in [0, 0.1) is 12.3 Å². The second-order valence-electron chi connectivity index (χ2n) is 9.35. The van der Waals surface area contributed by atoms with Gasteiger partial charge in [0.2, 0.25) is 0 Å². The number of nitrogens with zero attached hydrogens (tertiary/aromatic N) is 6. The largest absolute Gasteiger partial charge is 0.434 e. The number of hydrogen-bond acceptors (Lipinski definition) is 6. The summed E-state index contributed by atoms with van der Waals surface area (Å²) in [4.78, 5) is 15.3. The molecule has 4 aromatic heterocycles. The van der Waals surface area contributed by atoms with E-state index in [4.69, 9.17) is 4.98 Å². The summed E-state index contributed by atoms with van der Waals surface area (Å²) in [7, 11) is 0. The number of piperidine rings is 1. The molecule has 0 N–H and O–H groups in total. The van der Waals surface area contributed by atoms with Gasteiger partial charge in [-0.3, -0.25) is 9.97 Å². The molecule has 0 unspecified atom stereocenters. The first-order valence-corrected chi connectivity index (χ1v) is 12.4. The van der Waals surface area contributed by atoms with Gasteiger partial charge in [-0.2, -0.15) is 18.3 Å². The molecule has 0 saturated carbocycles. The Morgan fingerprint density at radius 3 is 2.51 bits per heavy atom. The summed E-state index contributed by atoms with van der Waals surface area (Å²) in [5.41, 5.74) is 3.37. The molecule has 5 heterocycles. The van der Waals surface area contributed by atoms with Crippen LogP contribution in [-0.2, 0) is 19.0 Å². The van der Waals surface area contributed by atoms with Gasteiger partial charge in [0.05, 0.1) is 11.9 Å². The first-order valence-electron chi connectivity index (χ1n) is 11.6. The molecule has 1 spiro atoms. The minimum atomic E-state index is -4.53. The lowest BCUT2D eigenvalue weighted by Gasteiger charge is -2.40. The van der Waals surface area contributed by atoms with E-state index in [1.807, 2.05) is 25.3 Å². The number of hydrogen-bond donors (Lipinski definition) is 0. The van der Waals surface area contributed by atoms with E-state index in [1.165, 1.54) is 23.4 Å². The lowest BCUT2D eigenvalue weighted by molar-refractivity contribution is -0.143. The van der Waals surface area contributed by atoms with Gasteiger partial charge in [-0.1, -0.05) is 17.8 Å². The van der Waals surface area contributed by atoms with Crippen LogP contribution in [0.4, 0.5) is 19.0 Å². The fourth-order valence-corrected chi connectivity index (χ4v) is 6.40. The van der Waals surface area contributed by atoms with Gasteiger partial charge in [0, 0.05) is 36.1 Å². The van der Waals surface area contributed by atoms with Crippen LogP contribution in [0.1, 0.15) is 35.5 Å². The van der Waals surface area contributed by atoms with Crippen LogP contribution in [0.2, 0.25) is 0 Å². The SMILES string of the molecule is Cc1nc(N2CCC3(CC2)Cc2cccnc2C3)c2ccnn2c1Sc1cccnc1C(F)(F)F. The Balaban J connectivity index is 1.28. The average molecular weight is 497 g/mol. The minimum absolute atomic E-state index is 0.0313. The van der Waals surface area contributed by atoms with Gasteiger partial charge in [0.15, 0.2) is 11.5 Å². The Bertz CT molecular complexity index is 1380. The lowest BCUT2D eigenvalue weighted by Crippen LogP contribution is -2.41. The smallest absolute Gasteiger partial charge is 0.355 e. The average Bonchev–Trinajstić information content (AvgIpc) is 3.46. The summed E-state index contributed by atoms with van der Waals surface area (Å²) in [6.07, 6.45) is 4.35. The molecule has 10 heteroatoms. The van der Waals surface area contributed by atoms with Crippen LogP contribution in [-0.4, -0.2) is 37.7 Å². The van der Waals surface area contributed by atoms with Crippen LogP contribution in [0.5, 0.6) is 0 Å². The number of rotatable bonds is 3. The molecule has 4 aromatic rings. The van der Waals surface area contributed by atoms with Gasteiger partial charge < -0.3 is 4.90 Å². The fourth-order valence-electron chi connectivity index (χ4n) is 5.35. The molecule has 180 valence electrons. The summed E-state index contributed by atoms with van der Waals surface area (Å²) >= 11 is 0.995.